The first-order valence-electron chi connectivity index (χ1n) is 3.64. The number of rotatable bonds is 0. The lowest BCUT2D eigenvalue weighted by molar-refractivity contribution is 0.554. The Morgan fingerprint density at radius 3 is 3.12 bits per heavy atom. The zero-order chi connectivity index (χ0) is 5.14. The monoisotopic (exact) mass is 106 g/mol. The minimum atomic E-state index is 1.01. The second-order valence-corrected chi connectivity index (χ2v) is 3.54. The Morgan fingerprint density at radius 2 is 2.25 bits per heavy atom. The molecule has 3 aliphatic carbocycles. The van der Waals surface area contributed by atoms with Crippen LogP contribution in [-0.4, -0.2) is 0 Å². The van der Waals surface area contributed by atoms with E-state index < -0.39 is 0 Å². The van der Waals surface area contributed by atoms with Crippen molar-refractivity contribution in [2.45, 2.75) is 19.3 Å². The van der Waals surface area contributed by atoms with Gasteiger partial charge >= 0.3 is 0 Å². The summed E-state index contributed by atoms with van der Waals surface area (Å²) in [6.07, 6.45) is 7.04. The van der Waals surface area contributed by atoms with Crippen LogP contribution in [0.1, 0.15) is 19.3 Å². The summed E-state index contributed by atoms with van der Waals surface area (Å²) >= 11 is 0. The number of hydrogen-bond donors (Lipinski definition) is 0. The summed E-state index contributed by atoms with van der Waals surface area (Å²) in [4.78, 5) is 0. The highest BCUT2D eigenvalue weighted by Crippen LogP contribution is 2.58. The van der Waals surface area contributed by atoms with Crippen molar-refractivity contribution in [3.05, 3.63) is 11.6 Å². The van der Waals surface area contributed by atoms with Gasteiger partial charge in [-0.2, -0.15) is 0 Å². The second-order valence-electron chi connectivity index (χ2n) is 3.54. The minimum Gasteiger partial charge on any atom is -0.0775 e. The predicted molar refractivity (Wildman–Crippen MR) is 32.4 cm³/mol. The molecule has 3 rings (SSSR count). The van der Waals surface area contributed by atoms with Crippen LogP contribution in [0.2, 0.25) is 0 Å². The Bertz CT molecular complexity index is 167. The van der Waals surface area contributed by atoms with Crippen molar-refractivity contribution in [2.75, 3.05) is 0 Å². The van der Waals surface area contributed by atoms with Crippen molar-refractivity contribution in [1.82, 2.24) is 0 Å². The zero-order valence-electron chi connectivity index (χ0n) is 4.93. The summed E-state index contributed by atoms with van der Waals surface area (Å²) in [6.45, 7) is 0. The smallest absolute Gasteiger partial charge is 0.00173 e. The molecule has 3 aliphatic rings. The van der Waals surface area contributed by atoms with Crippen LogP contribution in [-0.2, 0) is 0 Å². The molecule has 0 N–H and O–H groups in total. The Kier molecular flexibility index (Phi) is 0.415. The average molecular weight is 106 g/mol. The lowest BCUT2D eigenvalue weighted by atomic mass is 10.0. The van der Waals surface area contributed by atoms with Gasteiger partial charge in [-0.3, -0.25) is 0 Å². The molecule has 0 nitrogen and oxygen atoms in total. The Labute approximate surface area is 49.6 Å². The van der Waals surface area contributed by atoms with E-state index in [1.165, 1.54) is 18.8 Å². The van der Waals surface area contributed by atoms with Gasteiger partial charge in [-0.25, -0.2) is 0 Å². The summed E-state index contributed by atoms with van der Waals surface area (Å²) in [7, 11) is 0. The minimum absolute atomic E-state index is 1.01. The largest absolute Gasteiger partial charge is 0.0775 e. The molecule has 0 heteroatoms. The third-order valence-corrected chi connectivity index (χ3v) is 2.91. The van der Waals surface area contributed by atoms with Gasteiger partial charge in [-0.1, -0.05) is 11.6 Å². The van der Waals surface area contributed by atoms with Crippen molar-refractivity contribution in [1.29, 1.82) is 0 Å². The average Bonchev–Trinajstić information content (AvgIpc) is 2.45. The van der Waals surface area contributed by atoms with Crippen LogP contribution < -0.4 is 0 Å². The third kappa shape index (κ3) is 0.331. The molecule has 8 heavy (non-hydrogen) atoms. The number of hydrogen-bond acceptors (Lipinski definition) is 0. The lowest BCUT2D eigenvalue weighted by Gasteiger charge is -2.04. The van der Waals surface area contributed by atoms with Crippen molar-refractivity contribution in [3.63, 3.8) is 0 Å². The van der Waals surface area contributed by atoms with E-state index in [-0.39, 0.29) is 0 Å². The predicted octanol–water partition coefficient (Wildman–Crippen LogP) is 1.97. The Morgan fingerprint density at radius 1 is 1.25 bits per heavy atom. The standard InChI is InChI=1S/C8H10/c1-5-3-7-2-8(7)4-6(1)5/h1,5,7-8H,2-4H2. The summed E-state index contributed by atoms with van der Waals surface area (Å²) in [5.74, 6) is 3.33. The highest BCUT2D eigenvalue weighted by atomic mass is 14.5. The van der Waals surface area contributed by atoms with Crippen molar-refractivity contribution in [3.8, 4) is 0 Å². The van der Waals surface area contributed by atoms with Crippen molar-refractivity contribution < 1.29 is 0 Å². The number of fused-ring (bicyclic) bond motifs is 2. The maximum absolute atomic E-state index is 2.46. The van der Waals surface area contributed by atoms with E-state index in [1.807, 2.05) is 0 Å². The molecule has 0 saturated heterocycles. The fraction of sp³-hybridized carbons (Fsp3) is 0.750. The quantitative estimate of drug-likeness (QED) is 0.414. The molecule has 0 bridgehead atoms. The molecule has 0 amide bonds. The lowest BCUT2D eigenvalue weighted by Crippen LogP contribution is -1.94. The molecule has 0 heterocycles. The fourth-order valence-corrected chi connectivity index (χ4v) is 2.13. The molecule has 0 spiro atoms. The topological polar surface area (TPSA) is 0 Å². The fourth-order valence-electron chi connectivity index (χ4n) is 2.13. The summed E-state index contributed by atoms with van der Waals surface area (Å²) in [5, 5.41) is 0. The molecule has 0 aromatic carbocycles. The zero-order valence-corrected chi connectivity index (χ0v) is 4.93. The van der Waals surface area contributed by atoms with Crippen LogP contribution >= 0.6 is 0 Å². The maximum atomic E-state index is 2.46. The molecule has 42 valence electrons. The van der Waals surface area contributed by atoms with Gasteiger partial charge in [0.15, 0.2) is 0 Å². The van der Waals surface area contributed by atoms with Crippen LogP contribution in [0.15, 0.2) is 11.6 Å². The second kappa shape index (κ2) is 0.896. The van der Waals surface area contributed by atoms with E-state index in [2.05, 4.69) is 6.08 Å². The van der Waals surface area contributed by atoms with Crippen LogP contribution in [0.5, 0.6) is 0 Å². The van der Waals surface area contributed by atoms with E-state index in [4.69, 9.17) is 0 Å². The molecular weight excluding hydrogens is 96.1 g/mol. The van der Waals surface area contributed by atoms with Gasteiger partial charge in [-0.05, 0) is 37.0 Å². The molecule has 0 aliphatic heterocycles. The van der Waals surface area contributed by atoms with E-state index in [0.29, 0.717) is 0 Å². The van der Waals surface area contributed by atoms with Crippen molar-refractivity contribution in [2.24, 2.45) is 17.8 Å². The first-order valence-corrected chi connectivity index (χ1v) is 3.64. The van der Waals surface area contributed by atoms with E-state index in [0.717, 1.165) is 11.8 Å². The normalized spacial score (nSPS) is 56.0. The SMILES string of the molecule is C1=C2CC3CC3CC12. The van der Waals surface area contributed by atoms with Gasteiger partial charge < -0.3 is 0 Å². The molecule has 2 saturated carbocycles. The van der Waals surface area contributed by atoms with E-state index in [9.17, 15) is 0 Å². The van der Waals surface area contributed by atoms with Gasteiger partial charge in [0.05, 0.1) is 0 Å². The number of allylic oxidation sites excluding steroid dienone is 2. The van der Waals surface area contributed by atoms with Gasteiger partial charge in [0.2, 0.25) is 0 Å². The first kappa shape index (κ1) is 3.71. The highest BCUT2D eigenvalue weighted by Gasteiger charge is 2.47. The van der Waals surface area contributed by atoms with Gasteiger partial charge in [0.1, 0.15) is 0 Å². The van der Waals surface area contributed by atoms with Gasteiger partial charge in [0.25, 0.3) is 0 Å². The van der Waals surface area contributed by atoms with Crippen LogP contribution in [0.3, 0.4) is 0 Å². The van der Waals surface area contributed by atoms with Gasteiger partial charge in [-0.15, -0.1) is 0 Å². The molecule has 0 aromatic heterocycles. The summed E-state index contributed by atoms with van der Waals surface area (Å²) in [5.41, 5.74) is 1.80. The Hall–Kier alpha value is -0.260. The molecular formula is C8H10. The van der Waals surface area contributed by atoms with Crippen LogP contribution in [0, 0.1) is 17.8 Å². The van der Waals surface area contributed by atoms with Crippen LogP contribution in [0.4, 0.5) is 0 Å². The molecule has 2 fully saturated rings. The molecule has 0 aromatic rings. The summed E-state index contributed by atoms with van der Waals surface area (Å²) in [6, 6.07) is 0. The first-order chi connectivity index (χ1) is 3.93. The summed E-state index contributed by atoms with van der Waals surface area (Å²) < 4.78 is 0. The van der Waals surface area contributed by atoms with Gasteiger partial charge in [0, 0.05) is 0 Å². The highest BCUT2D eigenvalue weighted by molar-refractivity contribution is 5.34. The van der Waals surface area contributed by atoms with Crippen molar-refractivity contribution >= 4 is 0 Å². The Balaban J connectivity index is 1.91. The molecule has 3 atom stereocenters. The van der Waals surface area contributed by atoms with E-state index >= 15 is 0 Å². The molecule has 3 unspecified atom stereocenters. The van der Waals surface area contributed by atoms with Crippen LogP contribution in [0.25, 0.3) is 0 Å². The maximum Gasteiger partial charge on any atom is -0.00173 e. The van der Waals surface area contributed by atoms with E-state index in [1.54, 1.807) is 12.0 Å². The molecule has 0 radical (unpaired) electrons. The third-order valence-electron chi connectivity index (χ3n) is 2.91.